The molecule has 2 bridgehead atoms. The molecule has 4 heteroatoms. The van der Waals surface area contributed by atoms with Gasteiger partial charge in [-0.05, 0) is 93.3 Å². The molecule has 0 aromatic heterocycles. The second kappa shape index (κ2) is 7.23. The lowest BCUT2D eigenvalue weighted by Gasteiger charge is -2.41. The summed E-state index contributed by atoms with van der Waals surface area (Å²) in [6.07, 6.45) is 4.95. The third-order valence-electron chi connectivity index (χ3n) is 7.21. The molecule has 0 saturated carbocycles. The van der Waals surface area contributed by atoms with Crippen LogP contribution in [0.4, 0.5) is 8.78 Å². The predicted molar refractivity (Wildman–Crippen MR) is 107 cm³/mol. The van der Waals surface area contributed by atoms with Crippen LogP contribution in [0.25, 0.3) is 0 Å². The van der Waals surface area contributed by atoms with Crippen molar-refractivity contribution >= 4 is 0 Å². The van der Waals surface area contributed by atoms with Crippen LogP contribution in [-0.4, -0.2) is 29.1 Å². The van der Waals surface area contributed by atoms with E-state index in [0.717, 1.165) is 12.8 Å². The van der Waals surface area contributed by atoms with E-state index in [9.17, 15) is 13.9 Å². The predicted octanol–water partition coefficient (Wildman–Crippen LogP) is 5.08. The molecule has 2 nitrogen and oxygen atoms in total. The Bertz CT molecular complexity index is 815. The van der Waals surface area contributed by atoms with Crippen LogP contribution >= 0.6 is 0 Å². The lowest BCUT2D eigenvalue weighted by molar-refractivity contribution is 0.0254. The number of piperidine rings is 1. The summed E-state index contributed by atoms with van der Waals surface area (Å²) < 4.78 is 28.8. The van der Waals surface area contributed by atoms with Crippen molar-refractivity contribution < 1.29 is 13.9 Å². The number of aliphatic hydroxyl groups is 1. The summed E-state index contributed by atoms with van der Waals surface area (Å²) >= 11 is 0. The zero-order valence-electron chi connectivity index (χ0n) is 16.9. The first-order valence-electron chi connectivity index (χ1n) is 10.3. The van der Waals surface area contributed by atoms with E-state index in [1.54, 1.807) is 38.1 Å². The first-order valence-corrected chi connectivity index (χ1v) is 10.3. The molecule has 4 rings (SSSR count). The van der Waals surface area contributed by atoms with Crippen molar-refractivity contribution in [2.75, 3.05) is 7.05 Å². The maximum atomic E-state index is 14.4. The maximum Gasteiger partial charge on any atom is 0.126 e. The van der Waals surface area contributed by atoms with Gasteiger partial charge in [-0.3, -0.25) is 0 Å². The Labute approximate surface area is 166 Å². The van der Waals surface area contributed by atoms with E-state index in [4.69, 9.17) is 0 Å². The van der Waals surface area contributed by atoms with Crippen LogP contribution in [0.15, 0.2) is 36.4 Å². The number of hydrogen-bond donors (Lipinski definition) is 1. The summed E-state index contributed by atoms with van der Waals surface area (Å²) in [7, 11) is 2.19. The van der Waals surface area contributed by atoms with Gasteiger partial charge in [-0.15, -0.1) is 0 Å². The number of benzene rings is 2. The fourth-order valence-corrected chi connectivity index (χ4v) is 5.58. The summed E-state index contributed by atoms with van der Waals surface area (Å²) in [5, 5.41) is 12.0. The van der Waals surface area contributed by atoms with Gasteiger partial charge in [0, 0.05) is 12.1 Å². The zero-order chi connectivity index (χ0) is 20.1. The van der Waals surface area contributed by atoms with E-state index >= 15 is 0 Å². The van der Waals surface area contributed by atoms with Crippen LogP contribution < -0.4 is 0 Å². The van der Waals surface area contributed by atoms with Gasteiger partial charge in [0.15, 0.2) is 0 Å². The zero-order valence-corrected chi connectivity index (χ0v) is 16.9. The molecule has 2 aromatic carbocycles. The molecule has 150 valence electrons. The lowest BCUT2D eigenvalue weighted by Crippen LogP contribution is -2.42. The van der Waals surface area contributed by atoms with Crippen molar-refractivity contribution in [1.29, 1.82) is 0 Å². The van der Waals surface area contributed by atoms with Gasteiger partial charge < -0.3 is 10.0 Å². The molecule has 2 heterocycles. The first kappa shape index (κ1) is 19.5. The number of halogens is 2. The van der Waals surface area contributed by atoms with Crippen molar-refractivity contribution in [3.8, 4) is 0 Å². The van der Waals surface area contributed by atoms with Crippen LogP contribution in [0.2, 0.25) is 0 Å². The Hall–Kier alpha value is -1.78. The Kier molecular flexibility index (Phi) is 5.05. The number of nitrogens with zero attached hydrogens (tertiary/aromatic N) is 1. The summed E-state index contributed by atoms with van der Waals surface area (Å²) in [6, 6.07) is 10.8. The van der Waals surface area contributed by atoms with Gasteiger partial charge in [0.2, 0.25) is 0 Å². The third-order valence-corrected chi connectivity index (χ3v) is 7.21. The fraction of sp³-hybridized carbons (Fsp3) is 0.500. The van der Waals surface area contributed by atoms with Crippen LogP contribution in [0.1, 0.15) is 54.4 Å². The van der Waals surface area contributed by atoms with Crippen molar-refractivity contribution in [1.82, 2.24) is 4.90 Å². The minimum Gasteiger partial charge on any atom is -0.380 e. The molecule has 0 spiro atoms. The summed E-state index contributed by atoms with van der Waals surface area (Å²) in [6.45, 7) is 3.39. The Morgan fingerprint density at radius 1 is 0.929 bits per heavy atom. The Balaban J connectivity index is 1.78. The van der Waals surface area contributed by atoms with Crippen molar-refractivity contribution in [2.45, 2.75) is 63.6 Å². The maximum absolute atomic E-state index is 14.4. The molecule has 2 fully saturated rings. The minimum atomic E-state index is -1.40. The van der Waals surface area contributed by atoms with E-state index < -0.39 is 5.60 Å². The fourth-order valence-electron chi connectivity index (χ4n) is 5.58. The second-order valence-electron chi connectivity index (χ2n) is 8.78. The average Bonchev–Trinajstić information content (AvgIpc) is 2.87. The molecule has 1 N–H and O–H groups in total. The van der Waals surface area contributed by atoms with Crippen LogP contribution in [0, 0.1) is 31.4 Å². The molecular weight excluding hydrogens is 356 g/mol. The molecule has 2 unspecified atom stereocenters. The normalized spacial score (nSPS) is 25.3. The van der Waals surface area contributed by atoms with Gasteiger partial charge in [-0.2, -0.15) is 0 Å². The molecule has 0 aliphatic carbocycles. The monoisotopic (exact) mass is 385 g/mol. The molecule has 2 atom stereocenters. The van der Waals surface area contributed by atoms with E-state index in [1.165, 1.54) is 25.0 Å². The SMILES string of the molecule is Cc1c(F)cccc1C(O)(CC1CC2CCC(C1)N2C)c1cccc(F)c1C. The highest BCUT2D eigenvalue weighted by Gasteiger charge is 2.43. The van der Waals surface area contributed by atoms with E-state index in [0.29, 0.717) is 46.7 Å². The molecule has 2 aliphatic heterocycles. The Morgan fingerprint density at radius 3 is 1.86 bits per heavy atom. The quantitative estimate of drug-likeness (QED) is 0.793. The summed E-state index contributed by atoms with van der Waals surface area (Å²) in [4.78, 5) is 2.47. The minimum absolute atomic E-state index is 0.323. The highest BCUT2D eigenvalue weighted by Crippen LogP contribution is 2.46. The van der Waals surface area contributed by atoms with Gasteiger partial charge in [-0.25, -0.2) is 8.78 Å². The van der Waals surface area contributed by atoms with Gasteiger partial charge in [0.25, 0.3) is 0 Å². The van der Waals surface area contributed by atoms with Gasteiger partial charge >= 0.3 is 0 Å². The largest absolute Gasteiger partial charge is 0.380 e. The molecule has 2 aromatic rings. The van der Waals surface area contributed by atoms with Crippen molar-refractivity contribution in [2.24, 2.45) is 5.92 Å². The average molecular weight is 385 g/mol. The highest BCUT2D eigenvalue weighted by molar-refractivity contribution is 5.44. The topological polar surface area (TPSA) is 23.5 Å². The number of fused-ring (bicyclic) bond motifs is 2. The number of rotatable bonds is 4. The summed E-state index contributed by atoms with van der Waals surface area (Å²) in [5.74, 6) is -0.356. The third kappa shape index (κ3) is 3.17. The molecule has 2 aliphatic rings. The van der Waals surface area contributed by atoms with Crippen molar-refractivity contribution in [3.05, 3.63) is 70.3 Å². The van der Waals surface area contributed by atoms with Crippen LogP contribution in [-0.2, 0) is 5.60 Å². The van der Waals surface area contributed by atoms with E-state index in [2.05, 4.69) is 11.9 Å². The van der Waals surface area contributed by atoms with E-state index in [1.807, 2.05) is 0 Å². The van der Waals surface area contributed by atoms with Crippen LogP contribution in [0.3, 0.4) is 0 Å². The lowest BCUT2D eigenvalue weighted by atomic mass is 9.73. The second-order valence-corrected chi connectivity index (χ2v) is 8.78. The summed E-state index contributed by atoms with van der Waals surface area (Å²) in [5.41, 5.74) is 0.562. The van der Waals surface area contributed by atoms with Gasteiger partial charge in [0.1, 0.15) is 17.2 Å². The first-order chi connectivity index (χ1) is 13.3. The highest BCUT2D eigenvalue weighted by atomic mass is 19.1. The molecule has 0 amide bonds. The molecular formula is C24H29F2NO. The van der Waals surface area contributed by atoms with Crippen LogP contribution in [0.5, 0.6) is 0 Å². The smallest absolute Gasteiger partial charge is 0.126 e. The number of hydrogen-bond acceptors (Lipinski definition) is 2. The molecule has 2 saturated heterocycles. The molecule has 0 radical (unpaired) electrons. The molecule has 28 heavy (non-hydrogen) atoms. The van der Waals surface area contributed by atoms with Gasteiger partial charge in [0.05, 0.1) is 0 Å². The van der Waals surface area contributed by atoms with E-state index in [-0.39, 0.29) is 11.6 Å². The van der Waals surface area contributed by atoms with Crippen molar-refractivity contribution in [3.63, 3.8) is 0 Å². The Morgan fingerprint density at radius 2 is 1.39 bits per heavy atom. The van der Waals surface area contributed by atoms with Gasteiger partial charge in [-0.1, -0.05) is 24.3 Å². The standard InChI is InChI=1S/C24H29F2NO/c1-15-20(6-4-8-22(15)25)24(28,21-7-5-9-23(26)16(21)2)14-17-12-18-10-11-19(13-17)27(18)3/h4-9,17-19,28H,10-14H2,1-3H3.